The predicted molar refractivity (Wildman–Crippen MR) is 191 cm³/mol. The highest BCUT2D eigenvalue weighted by Gasteiger charge is 2.23. The summed E-state index contributed by atoms with van der Waals surface area (Å²) in [5.74, 6) is -2.06. The van der Waals surface area contributed by atoms with Crippen LogP contribution in [-0.4, -0.2) is 17.7 Å². The fraction of sp³-hybridized carbons (Fsp3) is 0.0278. The fourth-order valence-corrected chi connectivity index (χ4v) is 6.24. The van der Waals surface area contributed by atoms with E-state index in [1.54, 1.807) is 78.9 Å². The summed E-state index contributed by atoms with van der Waals surface area (Å²) in [6.45, 7) is 0. The van der Waals surface area contributed by atoms with E-state index in [2.05, 4.69) is 31.9 Å². The standard InChI is InChI=1S/C36H25BrCl2FN3O3S/c37-24-14-19-31(30(40)20-24)42-36(46)33(22-8-3-1-4-9-22)47-26-17-15-25(16-18-26)41-35(45)32(21-27-28(38)12-7-13-29(27)39)43-34(44)23-10-5-2-6-11-23/h1-21,33H,(H,41,45)(H,42,46)(H,43,44)/b32-21-. The molecule has 0 aliphatic carbocycles. The van der Waals surface area contributed by atoms with E-state index >= 15 is 0 Å². The number of hydrogen-bond acceptors (Lipinski definition) is 4. The highest BCUT2D eigenvalue weighted by Crippen LogP contribution is 2.37. The first kappa shape index (κ1) is 33.9. The molecule has 3 N–H and O–H groups in total. The van der Waals surface area contributed by atoms with Crippen molar-refractivity contribution in [2.45, 2.75) is 10.1 Å². The summed E-state index contributed by atoms with van der Waals surface area (Å²) in [4.78, 5) is 40.6. The maximum atomic E-state index is 14.5. The summed E-state index contributed by atoms with van der Waals surface area (Å²) in [5.41, 5.74) is 1.88. The van der Waals surface area contributed by atoms with Crippen LogP contribution in [0.1, 0.15) is 26.7 Å². The molecule has 3 amide bonds. The van der Waals surface area contributed by atoms with Crippen molar-refractivity contribution in [3.63, 3.8) is 0 Å². The van der Waals surface area contributed by atoms with Crippen molar-refractivity contribution < 1.29 is 18.8 Å². The smallest absolute Gasteiger partial charge is 0.272 e. The SMILES string of the molecule is O=C(Nc1ccc(SC(C(=O)Nc2ccc(Br)cc2F)c2ccccc2)cc1)/C(=C/c1c(Cl)cccc1Cl)NC(=O)c1ccccc1. The molecule has 0 fully saturated rings. The zero-order valence-corrected chi connectivity index (χ0v) is 28.3. The van der Waals surface area contributed by atoms with E-state index < -0.39 is 28.8 Å². The lowest BCUT2D eigenvalue weighted by atomic mass is 10.1. The predicted octanol–water partition coefficient (Wildman–Crippen LogP) is 9.78. The number of rotatable bonds is 10. The second-order valence-corrected chi connectivity index (χ2v) is 12.9. The molecule has 0 heterocycles. The molecule has 0 aliphatic heterocycles. The van der Waals surface area contributed by atoms with E-state index in [1.165, 1.54) is 30.0 Å². The number of halogens is 4. The Hall–Kier alpha value is -4.41. The van der Waals surface area contributed by atoms with Gasteiger partial charge in [-0.3, -0.25) is 14.4 Å². The van der Waals surface area contributed by atoms with Crippen LogP contribution < -0.4 is 16.0 Å². The lowest BCUT2D eigenvalue weighted by Crippen LogP contribution is -2.30. The zero-order chi connectivity index (χ0) is 33.3. The van der Waals surface area contributed by atoms with Gasteiger partial charge in [-0.05, 0) is 78.4 Å². The number of amides is 3. The maximum absolute atomic E-state index is 14.5. The Labute approximate surface area is 293 Å². The van der Waals surface area contributed by atoms with E-state index in [-0.39, 0.29) is 11.4 Å². The molecule has 0 saturated heterocycles. The minimum absolute atomic E-state index is 0.0686. The fourth-order valence-electron chi connectivity index (χ4n) is 4.38. The Morgan fingerprint density at radius 3 is 2.04 bits per heavy atom. The first-order valence-electron chi connectivity index (χ1n) is 14.1. The van der Waals surface area contributed by atoms with Crippen LogP contribution in [0.25, 0.3) is 6.08 Å². The van der Waals surface area contributed by atoms with Gasteiger partial charge in [0.25, 0.3) is 11.8 Å². The molecule has 1 atom stereocenters. The molecule has 1 unspecified atom stereocenters. The average molecular weight is 749 g/mol. The molecule has 0 aliphatic rings. The van der Waals surface area contributed by atoms with Gasteiger partial charge in [-0.2, -0.15) is 0 Å². The van der Waals surface area contributed by atoms with Crippen LogP contribution in [0.2, 0.25) is 10.0 Å². The van der Waals surface area contributed by atoms with Gasteiger partial charge in [0.2, 0.25) is 5.91 Å². The van der Waals surface area contributed by atoms with Crippen molar-refractivity contribution in [1.29, 1.82) is 0 Å². The quantitative estimate of drug-likeness (QED) is 0.0981. The first-order chi connectivity index (χ1) is 22.7. The molecule has 0 aromatic heterocycles. The highest BCUT2D eigenvalue weighted by molar-refractivity contribution is 9.10. The highest BCUT2D eigenvalue weighted by atomic mass is 79.9. The number of benzene rings is 5. The van der Waals surface area contributed by atoms with Crippen molar-refractivity contribution >= 4 is 86.1 Å². The molecule has 5 aromatic carbocycles. The number of carbonyl (C=O) groups is 3. The van der Waals surface area contributed by atoms with E-state index in [1.807, 2.05) is 30.3 Å². The Morgan fingerprint density at radius 2 is 1.40 bits per heavy atom. The van der Waals surface area contributed by atoms with Gasteiger partial charge in [0.1, 0.15) is 16.8 Å². The van der Waals surface area contributed by atoms with E-state index in [0.29, 0.717) is 31.3 Å². The van der Waals surface area contributed by atoms with Crippen LogP contribution in [0.3, 0.4) is 0 Å². The number of thioether (sulfide) groups is 1. The minimum atomic E-state index is -0.706. The van der Waals surface area contributed by atoms with Gasteiger partial charge >= 0.3 is 0 Å². The molecular formula is C36H25BrCl2FN3O3S. The molecule has 6 nitrogen and oxygen atoms in total. The molecule has 0 spiro atoms. The summed E-state index contributed by atoms with van der Waals surface area (Å²) in [7, 11) is 0. The van der Waals surface area contributed by atoms with Crippen molar-refractivity contribution in [3.8, 4) is 0 Å². The maximum Gasteiger partial charge on any atom is 0.272 e. The average Bonchev–Trinajstić information content (AvgIpc) is 3.07. The topological polar surface area (TPSA) is 87.3 Å². The van der Waals surface area contributed by atoms with Crippen molar-refractivity contribution in [1.82, 2.24) is 5.32 Å². The molecule has 0 bridgehead atoms. The van der Waals surface area contributed by atoms with E-state index in [0.717, 1.165) is 10.5 Å². The van der Waals surface area contributed by atoms with Gasteiger partial charge in [-0.1, -0.05) is 93.7 Å². The minimum Gasteiger partial charge on any atom is -0.322 e. The largest absolute Gasteiger partial charge is 0.322 e. The van der Waals surface area contributed by atoms with Gasteiger partial charge in [-0.25, -0.2) is 4.39 Å². The van der Waals surface area contributed by atoms with Crippen LogP contribution >= 0.6 is 50.9 Å². The third-order valence-corrected chi connectivity index (χ3v) is 9.13. The van der Waals surface area contributed by atoms with Crippen LogP contribution in [0.5, 0.6) is 0 Å². The Balaban J connectivity index is 1.35. The normalized spacial score (nSPS) is 11.8. The van der Waals surface area contributed by atoms with Crippen molar-refractivity contribution in [2.75, 3.05) is 10.6 Å². The Kier molecular flexibility index (Phi) is 11.5. The number of anilines is 2. The molecule has 5 aromatic rings. The number of nitrogens with one attached hydrogen (secondary N) is 3. The van der Waals surface area contributed by atoms with Gasteiger partial charge in [0.15, 0.2) is 0 Å². The van der Waals surface area contributed by atoms with E-state index in [4.69, 9.17) is 23.2 Å². The third kappa shape index (κ3) is 9.11. The third-order valence-electron chi connectivity index (χ3n) is 6.71. The molecule has 0 radical (unpaired) electrons. The van der Waals surface area contributed by atoms with Crippen molar-refractivity contribution in [3.05, 3.63) is 164 Å². The number of carbonyl (C=O) groups excluding carboxylic acids is 3. The molecule has 236 valence electrons. The van der Waals surface area contributed by atoms with Crippen LogP contribution in [0.4, 0.5) is 15.8 Å². The lowest BCUT2D eigenvalue weighted by Gasteiger charge is -2.18. The monoisotopic (exact) mass is 747 g/mol. The molecule has 0 saturated carbocycles. The number of hydrogen-bond donors (Lipinski definition) is 3. The summed E-state index contributed by atoms with van der Waals surface area (Å²) in [5, 5.41) is 8.05. The van der Waals surface area contributed by atoms with Gasteiger partial charge in [0.05, 0.1) is 5.69 Å². The van der Waals surface area contributed by atoms with E-state index in [9.17, 15) is 18.8 Å². The summed E-state index contributed by atoms with van der Waals surface area (Å²) >= 11 is 17.2. The van der Waals surface area contributed by atoms with Crippen LogP contribution in [-0.2, 0) is 9.59 Å². The molecule has 47 heavy (non-hydrogen) atoms. The lowest BCUT2D eigenvalue weighted by molar-refractivity contribution is -0.116. The first-order valence-corrected chi connectivity index (χ1v) is 16.5. The Bertz CT molecular complexity index is 1930. The van der Waals surface area contributed by atoms with Gasteiger partial charge in [-0.15, -0.1) is 11.8 Å². The molecule has 5 rings (SSSR count). The summed E-state index contributed by atoms with van der Waals surface area (Å²) in [6.07, 6.45) is 1.42. The van der Waals surface area contributed by atoms with Gasteiger partial charge in [0, 0.05) is 36.2 Å². The van der Waals surface area contributed by atoms with Gasteiger partial charge < -0.3 is 16.0 Å². The molecule has 11 heteroatoms. The summed E-state index contributed by atoms with van der Waals surface area (Å²) in [6, 6.07) is 33.8. The zero-order valence-electron chi connectivity index (χ0n) is 24.3. The molecular weight excluding hydrogens is 724 g/mol. The van der Waals surface area contributed by atoms with Crippen LogP contribution in [0, 0.1) is 5.82 Å². The Morgan fingerprint density at radius 1 is 0.766 bits per heavy atom. The second-order valence-electron chi connectivity index (χ2n) is 10.0. The van der Waals surface area contributed by atoms with Crippen LogP contribution in [0.15, 0.2) is 136 Å². The summed E-state index contributed by atoms with van der Waals surface area (Å²) < 4.78 is 15.1. The van der Waals surface area contributed by atoms with Crippen molar-refractivity contribution in [2.24, 2.45) is 0 Å². The second kappa shape index (κ2) is 15.9.